The summed E-state index contributed by atoms with van der Waals surface area (Å²) in [7, 11) is 1.96. The summed E-state index contributed by atoms with van der Waals surface area (Å²) in [6.45, 7) is 14.3. The summed E-state index contributed by atoms with van der Waals surface area (Å²) < 4.78 is 3.96. The van der Waals surface area contributed by atoms with E-state index in [-0.39, 0.29) is 10.8 Å². The second-order valence-electron chi connectivity index (χ2n) is 7.68. The maximum absolute atomic E-state index is 4.67. The molecular formula is C17H28N4. The molecule has 116 valence electrons. The lowest BCUT2D eigenvalue weighted by Gasteiger charge is -2.23. The zero-order chi connectivity index (χ0) is 15.8. The third-order valence-corrected chi connectivity index (χ3v) is 4.21. The number of hydrogen-bond acceptors (Lipinski definition) is 2. The Kier molecular flexibility index (Phi) is 4.00. The average Bonchev–Trinajstić information content (AvgIpc) is 2.92. The molecule has 0 bridgehead atoms. The molecule has 2 heterocycles. The van der Waals surface area contributed by atoms with Crippen molar-refractivity contribution in [3.63, 3.8) is 0 Å². The first-order valence-corrected chi connectivity index (χ1v) is 7.63. The smallest absolute Gasteiger partial charge is 0.0631 e. The van der Waals surface area contributed by atoms with Gasteiger partial charge in [-0.05, 0) is 35.3 Å². The Balaban J connectivity index is 2.10. The second-order valence-corrected chi connectivity index (χ2v) is 7.68. The molecule has 4 heteroatoms. The van der Waals surface area contributed by atoms with Crippen molar-refractivity contribution in [2.75, 3.05) is 0 Å². The molecule has 21 heavy (non-hydrogen) atoms. The van der Waals surface area contributed by atoms with E-state index in [9.17, 15) is 0 Å². The lowest BCUT2D eigenvalue weighted by Crippen LogP contribution is -2.19. The van der Waals surface area contributed by atoms with E-state index in [2.05, 4.69) is 68.8 Å². The SMILES string of the molecule is Cc1nn(CCC(C)(C)c2cnn(C)c2)cc1C(C)(C)C. The molecule has 2 rings (SSSR count). The lowest BCUT2D eigenvalue weighted by atomic mass is 9.83. The molecule has 0 aliphatic rings. The Labute approximate surface area is 128 Å². The van der Waals surface area contributed by atoms with Crippen molar-refractivity contribution in [2.45, 2.75) is 65.3 Å². The first-order valence-electron chi connectivity index (χ1n) is 7.63. The van der Waals surface area contributed by atoms with Crippen LogP contribution in [0.25, 0.3) is 0 Å². The van der Waals surface area contributed by atoms with Gasteiger partial charge in [0, 0.05) is 26.0 Å². The zero-order valence-corrected chi connectivity index (χ0v) is 14.4. The van der Waals surface area contributed by atoms with Gasteiger partial charge in [0.1, 0.15) is 0 Å². The number of hydrogen-bond donors (Lipinski definition) is 0. The predicted molar refractivity (Wildman–Crippen MR) is 86.5 cm³/mol. The molecule has 0 fully saturated rings. The van der Waals surface area contributed by atoms with Crippen molar-refractivity contribution in [1.29, 1.82) is 0 Å². The molecule has 0 radical (unpaired) electrons. The fraction of sp³-hybridized carbons (Fsp3) is 0.647. The van der Waals surface area contributed by atoms with Gasteiger partial charge in [0.2, 0.25) is 0 Å². The molecule has 4 nitrogen and oxygen atoms in total. The van der Waals surface area contributed by atoms with Gasteiger partial charge in [-0.25, -0.2) is 0 Å². The third-order valence-electron chi connectivity index (χ3n) is 4.21. The van der Waals surface area contributed by atoms with Crippen molar-refractivity contribution < 1.29 is 0 Å². The fourth-order valence-corrected chi connectivity index (χ4v) is 2.68. The van der Waals surface area contributed by atoms with Crippen LogP contribution in [0.1, 0.15) is 57.9 Å². The number of rotatable bonds is 4. The highest BCUT2D eigenvalue weighted by Crippen LogP contribution is 2.28. The lowest BCUT2D eigenvalue weighted by molar-refractivity contribution is 0.419. The first-order chi connectivity index (χ1) is 9.59. The zero-order valence-electron chi connectivity index (χ0n) is 14.4. The van der Waals surface area contributed by atoms with Gasteiger partial charge in [-0.2, -0.15) is 10.2 Å². The second kappa shape index (κ2) is 5.32. The highest BCUT2D eigenvalue weighted by Gasteiger charge is 2.23. The van der Waals surface area contributed by atoms with Gasteiger partial charge in [0.25, 0.3) is 0 Å². The van der Waals surface area contributed by atoms with Crippen molar-refractivity contribution in [3.8, 4) is 0 Å². The van der Waals surface area contributed by atoms with Crippen LogP contribution in [0.2, 0.25) is 0 Å². The molecule has 2 aromatic heterocycles. The van der Waals surface area contributed by atoms with Gasteiger partial charge in [-0.15, -0.1) is 0 Å². The standard InChI is InChI=1S/C17H28N4/c1-13-15(16(2,3)4)12-21(19-13)9-8-17(5,6)14-10-18-20(7)11-14/h10-12H,8-9H2,1-7H3. The average molecular weight is 288 g/mol. The molecule has 0 atom stereocenters. The van der Waals surface area contributed by atoms with E-state index in [0.717, 1.165) is 18.7 Å². The summed E-state index contributed by atoms with van der Waals surface area (Å²) >= 11 is 0. The van der Waals surface area contributed by atoms with E-state index < -0.39 is 0 Å². The highest BCUT2D eigenvalue weighted by atomic mass is 15.3. The predicted octanol–water partition coefficient (Wildman–Crippen LogP) is 3.59. The molecule has 0 aliphatic heterocycles. The minimum absolute atomic E-state index is 0.107. The fourth-order valence-electron chi connectivity index (χ4n) is 2.68. The van der Waals surface area contributed by atoms with Crippen molar-refractivity contribution in [1.82, 2.24) is 19.6 Å². The Hall–Kier alpha value is -1.58. The van der Waals surface area contributed by atoms with E-state index in [1.807, 2.05) is 17.9 Å². The van der Waals surface area contributed by atoms with Gasteiger partial charge in [-0.1, -0.05) is 34.6 Å². The van der Waals surface area contributed by atoms with E-state index in [0.29, 0.717) is 0 Å². The van der Waals surface area contributed by atoms with E-state index >= 15 is 0 Å². The van der Waals surface area contributed by atoms with E-state index in [4.69, 9.17) is 0 Å². The highest BCUT2D eigenvalue weighted by molar-refractivity contribution is 5.24. The summed E-state index contributed by atoms with van der Waals surface area (Å²) in [6.07, 6.45) is 7.32. The van der Waals surface area contributed by atoms with Crippen LogP contribution in [0.4, 0.5) is 0 Å². The van der Waals surface area contributed by atoms with E-state index in [1.165, 1.54) is 11.1 Å². The largest absolute Gasteiger partial charge is 0.276 e. The Morgan fingerprint density at radius 3 is 2.24 bits per heavy atom. The van der Waals surface area contributed by atoms with Crippen LogP contribution in [0.15, 0.2) is 18.6 Å². The van der Waals surface area contributed by atoms with Crippen LogP contribution in [-0.2, 0) is 24.4 Å². The topological polar surface area (TPSA) is 35.6 Å². The van der Waals surface area contributed by atoms with Crippen LogP contribution >= 0.6 is 0 Å². The molecule has 0 aromatic carbocycles. The summed E-state index contributed by atoms with van der Waals surface area (Å²) in [5, 5.41) is 8.96. The van der Waals surface area contributed by atoms with Gasteiger partial charge < -0.3 is 0 Å². The Morgan fingerprint density at radius 1 is 1.10 bits per heavy atom. The van der Waals surface area contributed by atoms with Crippen LogP contribution in [-0.4, -0.2) is 19.6 Å². The molecule has 0 spiro atoms. The van der Waals surface area contributed by atoms with Crippen molar-refractivity contribution in [2.24, 2.45) is 7.05 Å². The minimum Gasteiger partial charge on any atom is -0.276 e. The third kappa shape index (κ3) is 3.55. The molecule has 0 N–H and O–H groups in total. The normalized spacial score (nSPS) is 12.9. The van der Waals surface area contributed by atoms with Gasteiger partial charge in [0.15, 0.2) is 0 Å². The molecule has 2 aromatic rings. The maximum atomic E-state index is 4.67. The molecular weight excluding hydrogens is 260 g/mol. The molecule has 0 saturated heterocycles. The molecule has 0 aliphatic carbocycles. The molecule has 0 amide bonds. The summed E-state index contributed by atoms with van der Waals surface area (Å²) in [5.74, 6) is 0. The van der Waals surface area contributed by atoms with E-state index in [1.54, 1.807) is 0 Å². The summed E-state index contributed by atoms with van der Waals surface area (Å²) in [6, 6.07) is 0. The van der Waals surface area contributed by atoms with Crippen molar-refractivity contribution in [3.05, 3.63) is 35.4 Å². The van der Waals surface area contributed by atoms with Crippen LogP contribution in [0, 0.1) is 6.92 Å². The summed E-state index contributed by atoms with van der Waals surface area (Å²) in [4.78, 5) is 0. The van der Waals surface area contributed by atoms with Crippen molar-refractivity contribution >= 4 is 0 Å². The quantitative estimate of drug-likeness (QED) is 0.862. The number of nitrogens with zero attached hydrogens (tertiary/aromatic N) is 4. The summed E-state index contributed by atoms with van der Waals surface area (Å²) in [5.41, 5.74) is 4.02. The Morgan fingerprint density at radius 2 is 1.76 bits per heavy atom. The van der Waals surface area contributed by atoms with Gasteiger partial charge >= 0.3 is 0 Å². The minimum atomic E-state index is 0.107. The molecule has 0 unspecified atom stereocenters. The number of aromatic nitrogens is 4. The van der Waals surface area contributed by atoms with Gasteiger partial charge in [-0.3, -0.25) is 9.36 Å². The number of aryl methyl sites for hydroxylation is 3. The van der Waals surface area contributed by atoms with Crippen LogP contribution < -0.4 is 0 Å². The first kappa shape index (κ1) is 15.8. The molecule has 0 saturated carbocycles. The van der Waals surface area contributed by atoms with Crippen LogP contribution in [0.3, 0.4) is 0 Å². The van der Waals surface area contributed by atoms with Gasteiger partial charge in [0.05, 0.1) is 11.9 Å². The maximum Gasteiger partial charge on any atom is 0.0631 e. The Bertz CT molecular complexity index is 611. The monoisotopic (exact) mass is 288 g/mol. The van der Waals surface area contributed by atoms with Crippen LogP contribution in [0.5, 0.6) is 0 Å².